The third-order valence-corrected chi connectivity index (χ3v) is 2.49. The first-order valence-electron chi connectivity index (χ1n) is 4.55. The lowest BCUT2D eigenvalue weighted by molar-refractivity contribution is -0.130. The standard InChI is InChI=1S/C12H10O2/c13-11(14)6-7-12(8-9-12)10-4-2-1-3-5-10/h1-5H,8-9H2,(H,13,14). The molecular formula is C12H10O2. The lowest BCUT2D eigenvalue weighted by Crippen LogP contribution is -2.03. The summed E-state index contributed by atoms with van der Waals surface area (Å²) >= 11 is 0. The van der Waals surface area contributed by atoms with E-state index in [2.05, 4.69) is 11.8 Å². The topological polar surface area (TPSA) is 37.3 Å². The zero-order valence-electron chi connectivity index (χ0n) is 7.66. The Morgan fingerprint density at radius 3 is 2.43 bits per heavy atom. The van der Waals surface area contributed by atoms with Crippen LogP contribution in [0, 0.1) is 11.8 Å². The summed E-state index contributed by atoms with van der Waals surface area (Å²) < 4.78 is 0. The van der Waals surface area contributed by atoms with Gasteiger partial charge in [0.15, 0.2) is 0 Å². The van der Waals surface area contributed by atoms with Crippen molar-refractivity contribution in [2.24, 2.45) is 0 Å². The van der Waals surface area contributed by atoms with Crippen molar-refractivity contribution >= 4 is 5.97 Å². The molecule has 1 saturated carbocycles. The molecule has 0 heterocycles. The molecule has 1 aliphatic rings. The van der Waals surface area contributed by atoms with Crippen molar-refractivity contribution < 1.29 is 9.90 Å². The van der Waals surface area contributed by atoms with Gasteiger partial charge < -0.3 is 5.11 Å². The molecule has 0 aliphatic heterocycles. The molecule has 2 rings (SSSR count). The molecule has 70 valence electrons. The fourth-order valence-electron chi connectivity index (χ4n) is 1.54. The van der Waals surface area contributed by atoms with E-state index in [0.29, 0.717) is 0 Å². The molecule has 0 amide bonds. The summed E-state index contributed by atoms with van der Waals surface area (Å²) in [5.74, 6) is 4.00. The lowest BCUT2D eigenvalue weighted by atomic mass is 9.97. The van der Waals surface area contributed by atoms with E-state index >= 15 is 0 Å². The average molecular weight is 186 g/mol. The zero-order chi connectivity index (χ0) is 10.0. The van der Waals surface area contributed by atoms with Crippen molar-refractivity contribution in [3.05, 3.63) is 35.9 Å². The summed E-state index contributed by atoms with van der Waals surface area (Å²) in [5, 5.41) is 8.48. The molecule has 1 N–H and O–H groups in total. The maximum Gasteiger partial charge on any atom is 0.381 e. The minimum Gasteiger partial charge on any atom is -0.472 e. The fourth-order valence-corrected chi connectivity index (χ4v) is 1.54. The highest BCUT2D eigenvalue weighted by atomic mass is 16.4. The van der Waals surface area contributed by atoms with Crippen LogP contribution in [-0.2, 0) is 10.2 Å². The monoisotopic (exact) mass is 186 g/mol. The summed E-state index contributed by atoms with van der Waals surface area (Å²) in [4.78, 5) is 10.3. The number of carboxylic acids is 1. The molecule has 0 aromatic heterocycles. The predicted octanol–water partition coefficient (Wildman–Crippen LogP) is 1.81. The smallest absolute Gasteiger partial charge is 0.381 e. The number of rotatable bonds is 1. The van der Waals surface area contributed by atoms with Crippen LogP contribution in [-0.4, -0.2) is 11.1 Å². The minimum absolute atomic E-state index is 0.167. The van der Waals surface area contributed by atoms with Gasteiger partial charge >= 0.3 is 5.97 Å². The molecule has 0 bridgehead atoms. The number of hydrogen-bond acceptors (Lipinski definition) is 1. The van der Waals surface area contributed by atoms with Crippen molar-refractivity contribution in [1.82, 2.24) is 0 Å². The fraction of sp³-hybridized carbons (Fsp3) is 0.250. The summed E-state index contributed by atoms with van der Waals surface area (Å²) in [6, 6.07) is 9.87. The molecule has 0 atom stereocenters. The molecule has 1 aromatic rings. The SMILES string of the molecule is O=C(O)C#CC1(c2ccccc2)CC1. The van der Waals surface area contributed by atoms with E-state index in [0.717, 1.165) is 18.4 Å². The molecule has 0 spiro atoms. The summed E-state index contributed by atoms with van der Waals surface area (Å²) in [6.07, 6.45) is 1.94. The lowest BCUT2D eigenvalue weighted by Gasteiger charge is -2.06. The molecule has 2 nitrogen and oxygen atoms in total. The van der Waals surface area contributed by atoms with Crippen molar-refractivity contribution in [2.45, 2.75) is 18.3 Å². The second-order valence-electron chi connectivity index (χ2n) is 3.50. The molecule has 1 aliphatic carbocycles. The number of carbonyl (C=O) groups is 1. The van der Waals surface area contributed by atoms with Crippen LogP contribution in [0.2, 0.25) is 0 Å². The van der Waals surface area contributed by atoms with E-state index in [1.54, 1.807) is 0 Å². The Balaban J connectivity index is 2.28. The molecule has 0 saturated heterocycles. The predicted molar refractivity (Wildman–Crippen MR) is 52.8 cm³/mol. The van der Waals surface area contributed by atoms with Gasteiger partial charge in [0.1, 0.15) is 0 Å². The quantitative estimate of drug-likeness (QED) is 0.679. The van der Waals surface area contributed by atoms with Gasteiger partial charge in [-0.15, -0.1) is 0 Å². The Kier molecular flexibility index (Phi) is 2.01. The van der Waals surface area contributed by atoms with Gasteiger partial charge in [-0.3, -0.25) is 0 Å². The third kappa shape index (κ3) is 1.62. The van der Waals surface area contributed by atoms with Crippen LogP contribution in [0.4, 0.5) is 0 Å². The van der Waals surface area contributed by atoms with Crippen LogP contribution in [0.3, 0.4) is 0 Å². The Morgan fingerprint density at radius 1 is 1.29 bits per heavy atom. The first-order chi connectivity index (χ1) is 6.73. The summed E-state index contributed by atoms with van der Waals surface area (Å²) in [5.41, 5.74) is 0.966. The molecule has 1 fully saturated rings. The van der Waals surface area contributed by atoms with Gasteiger partial charge in [0.05, 0.1) is 5.41 Å². The van der Waals surface area contributed by atoms with E-state index in [1.807, 2.05) is 30.3 Å². The molecule has 0 unspecified atom stereocenters. The molecule has 2 heteroatoms. The van der Waals surface area contributed by atoms with Gasteiger partial charge in [-0.25, -0.2) is 4.79 Å². The minimum atomic E-state index is -1.05. The molecule has 0 radical (unpaired) electrons. The largest absolute Gasteiger partial charge is 0.472 e. The normalized spacial score (nSPS) is 16.6. The second-order valence-corrected chi connectivity index (χ2v) is 3.50. The van der Waals surface area contributed by atoms with Gasteiger partial charge in [-0.2, -0.15) is 0 Å². The summed E-state index contributed by atoms with van der Waals surface area (Å²) in [7, 11) is 0. The van der Waals surface area contributed by atoms with Gasteiger partial charge in [0.25, 0.3) is 0 Å². The van der Waals surface area contributed by atoms with Crippen molar-refractivity contribution in [1.29, 1.82) is 0 Å². The summed E-state index contributed by atoms with van der Waals surface area (Å²) in [6.45, 7) is 0. The van der Waals surface area contributed by atoms with Crippen LogP contribution >= 0.6 is 0 Å². The van der Waals surface area contributed by atoms with Crippen molar-refractivity contribution in [3.8, 4) is 11.8 Å². The average Bonchev–Trinajstić information content (AvgIpc) is 2.97. The first-order valence-corrected chi connectivity index (χ1v) is 4.55. The number of benzene rings is 1. The van der Waals surface area contributed by atoms with Crippen LogP contribution in [0.25, 0.3) is 0 Å². The second kappa shape index (κ2) is 3.19. The highest BCUT2D eigenvalue weighted by Gasteiger charge is 2.42. The van der Waals surface area contributed by atoms with Crippen molar-refractivity contribution in [2.75, 3.05) is 0 Å². The van der Waals surface area contributed by atoms with Gasteiger partial charge in [0.2, 0.25) is 0 Å². The maximum absolute atomic E-state index is 10.3. The van der Waals surface area contributed by atoms with Crippen molar-refractivity contribution in [3.63, 3.8) is 0 Å². The van der Waals surface area contributed by atoms with E-state index < -0.39 is 5.97 Å². The van der Waals surface area contributed by atoms with Gasteiger partial charge in [-0.05, 0) is 18.4 Å². The number of carboxylic acid groups (broad SMARTS) is 1. The third-order valence-electron chi connectivity index (χ3n) is 2.49. The highest BCUT2D eigenvalue weighted by molar-refractivity contribution is 5.87. The van der Waals surface area contributed by atoms with Gasteiger partial charge in [0, 0.05) is 5.92 Å². The first kappa shape index (κ1) is 8.83. The molecule has 1 aromatic carbocycles. The zero-order valence-corrected chi connectivity index (χ0v) is 7.66. The number of hydrogen-bond donors (Lipinski definition) is 1. The van der Waals surface area contributed by atoms with Gasteiger partial charge in [-0.1, -0.05) is 36.3 Å². The Labute approximate surface area is 82.6 Å². The Hall–Kier alpha value is -1.75. The van der Waals surface area contributed by atoms with Crippen LogP contribution in [0.15, 0.2) is 30.3 Å². The molecule has 14 heavy (non-hydrogen) atoms. The number of aliphatic carboxylic acids is 1. The Bertz CT molecular complexity index is 405. The van der Waals surface area contributed by atoms with Crippen LogP contribution < -0.4 is 0 Å². The van der Waals surface area contributed by atoms with E-state index in [9.17, 15) is 4.79 Å². The van der Waals surface area contributed by atoms with Crippen LogP contribution in [0.5, 0.6) is 0 Å². The van der Waals surface area contributed by atoms with Crippen LogP contribution in [0.1, 0.15) is 18.4 Å². The highest BCUT2D eigenvalue weighted by Crippen LogP contribution is 2.47. The Morgan fingerprint density at radius 2 is 1.93 bits per heavy atom. The van der Waals surface area contributed by atoms with E-state index in [-0.39, 0.29) is 5.41 Å². The van der Waals surface area contributed by atoms with E-state index in [1.165, 1.54) is 0 Å². The molecular weight excluding hydrogens is 176 g/mol. The maximum atomic E-state index is 10.3. The van der Waals surface area contributed by atoms with E-state index in [4.69, 9.17) is 5.11 Å².